The first kappa shape index (κ1) is 21.2. The SMILES string of the molecule is Cc1c(-c2ccccc2)sc2ncn(CC(=O)N(C)Cc3c(F)cccc3Cl)c(=O)c12. The summed E-state index contributed by atoms with van der Waals surface area (Å²) in [5.41, 5.74) is 1.83. The van der Waals surface area contributed by atoms with Gasteiger partial charge < -0.3 is 4.90 Å². The standard InChI is InChI=1S/C23H19ClFN3O2S/c1-14-20-22(31-21(14)15-7-4-3-5-8-15)26-13-28(23(20)30)12-19(29)27(2)11-16-17(24)9-6-10-18(16)25/h3-10,13H,11-12H2,1-2H3. The maximum absolute atomic E-state index is 14.0. The molecule has 0 radical (unpaired) electrons. The van der Waals surface area contributed by atoms with Crippen molar-refractivity contribution < 1.29 is 9.18 Å². The number of fused-ring (bicyclic) bond motifs is 1. The highest BCUT2D eigenvalue weighted by atomic mass is 35.5. The van der Waals surface area contributed by atoms with Gasteiger partial charge in [-0.3, -0.25) is 14.2 Å². The number of aryl methyl sites for hydroxylation is 1. The lowest BCUT2D eigenvalue weighted by molar-refractivity contribution is -0.131. The highest BCUT2D eigenvalue weighted by Crippen LogP contribution is 2.35. The highest BCUT2D eigenvalue weighted by Gasteiger charge is 2.19. The minimum absolute atomic E-state index is 0.00436. The van der Waals surface area contributed by atoms with Gasteiger partial charge in [-0.2, -0.15) is 0 Å². The van der Waals surface area contributed by atoms with Crippen molar-refractivity contribution in [3.05, 3.63) is 87.2 Å². The fraction of sp³-hybridized carbons (Fsp3) is 0.174. The van der Waals surface area contributed by atoms with Gasteiger partial charge in [0.15, 0.2) is 0 Å². The summed E-state index contributed by atoms with van der Waals surface area (Å²) in [6.07, 6.45) is 1.39. The molecule has 0 aliphatic rings. The highest BCUT2D eigenvalue weighted by molar-refractivity contribution is 7.22. The maximum atomic E-state index is 14.0. The molecule has 2 aromatic carbocycles. The van der Waals surface area contributed by atoms with Gasteiger partial charge in [-0.05, 0) is 30.2 Å². The first-order valence-corrected chi connectivity index (χ1v) is 10.8. The van der Waals surface area contributed by atoms with Gasteiger partial charge in [0.2, 0.25) is 5.91 Å². The van der Waals surface area contributed by atoms with Crippen LogP contribution in [0.1, 0.15) is 11.1 Å². The van der Waals surface area contributed by atoms with Crippen LogP contribution >= 0.6 is 22.9 Å². The van der Waals surface area contributed by atoms with Gasteiger partial charge in [0.05, 0.1) is 11.7 Å². The number of carbonyl (C=O) groups excluding carboxylic acids is 1. The first-order valence-electron chi connectivity index (χ1n) is 9.57. The Morgan fingerprint density at radius 2 is 1.94 bits per heavy atom. The number of amides is 1. The van der Waals surface area contributed by atoms with E-state index in [1.807, 2.05) is 37.3 Å². The molecule has 4 rings (SSSR count). The number of rotatable bonds is 5. The van der Waals surface area contributed by atoms with Gasteiger partial charge >= 0.3 is 0 Å². The van der Waals surface area contributed by atoms with E-state index in [-0.39, 0.29) is 35.1 Å². The molecule has 0 saturated heterocycles. The van der Waals surface area contributed by atoms with Crippen LogP contribution in [0.25, 0.3) is 20.7 Å². The lowest BCUT2D eigenvalue weighted by Crippen LogP contribution is -2.34. The van der Waals surface area contributed by atoms with E-state index in [1.165, 1.54) is 39.3 Å². The Hall–Kier alpha value is -3.03. The minimum Gasteiger partial charge on any atom is -0.340 e. The number of hydrogen-bond donors (Lipinski definition) is 0. The maximum Gasteiger partial charge on any atom is 0.262 e. The molecule has 0 bridgehead atoms. The Kier molecular flexibility index (Phi) is 5.89. The monoisotopic (exact) mass is 455 g/mol. The second-order valence-corrected chi connectivity index (χ2v) is 8.64. The molecule has 1 amide bonds. The van der Waals surface area contributed by atoms with Crippen LogP contribution in [0, 0.1) is 12.7 Å². The molecule has 31 heavy (non-hydrogen) atoms. The lowest BCUT2D eigenvalue weighted by Gasteiger charge is -2.19. The van der Waals surface area contributed by atoms with Crippen molar-refractivity contribution in [2.24, 2.45) is 0 Å². The van der Waals surface area contributed by atoms with E-state index < -0.39 is 5.82 Å². The summed E-state index contributed by atoms with van der Waals surface area (Å²) in [6, 6.07) is 14.2. The van der Waals surface area contributed by atoms with E-state index in [0.29, 0.717) is 10.2 Å². The lowest BCUT2D eigenvalue weighted by atomic mass is 10.1. The Labute approximate surface area is 187 Å². The zero-order valence-electron chi connectivity index (χ0n) is 16.9. The smallest absolute Gasteiger partial charge is 0.262 e. The number of thiophene rings is 1. The normalized spacial score (nSPS) is 11.1. The predicted molar refractivity (Wildman–Crippen MR) is 122 cm³/mol. The summed E-state index contributed by atoms with van der Waals surface area (Å²) < 4.78 is 15.3. The van der Waals surface area contributed by atoms with Crippen LogP contribution in [0.2, 0.25) is 5.02 Å². The van der Waals surface area contributed by atoms with E-state index in [0.717, 1.165) is 16.0 Å². The molecule has 5 nitrogen and oxygen atoms in total. The molecule has 0 spiro atoms. The van der Waals surface area contributed by atoms with Crippen molar-refractivity contribution in [2.45, 2.75) is 20.0 Å². The van der Waals surface area contributed by atoms with Crippen LogP contribution in [-0.4, -0.2) is 27.4 Å². The number of likely N-dealkylation sites (N-methyl/N-ethyl adjacent to an activating group) is 1. The molecule has 0 aliphatic heterocycles. The number of nitrogens with zero attached hydrogens (tertiary/aromatic N) is 3. The van der Waals surface area contributed by atoms with Gasteiger partial charge in [0.1, 0.15) is 17.2 Å². The number of hydrogen-bond acceptors (Lipinski definition) is 4. The van der Waals surface area contributed by atoms with E-state index in [4.69, 9.17) is 11.6 Å². The number of benzene rings is 2. The third-order valence-corrected chi connectivity index (χ3v) is 6.74. The van der Waals surface area contributed by atoms with Crippen LogP contribution in [0.3, 0.4) is 0 Å². The topological polar surface area (TPSA) is 55.2 Å². The van der Waals surface area contributed by atoms with Crippen molar-refractivity contribution in [2.75, 3.05) is 7.05 Å². The van der Waals surface area contributed by atoms with E-state index in [1.54, 1.807) is 13.1 Å². The largest absolute Gasteiger partial charge is 0.340 e. The molecule has 0 atom stereocenters. The average molecular weight is 456 g/mol. The number of carbonyl (C=O) groups is 1. The Morgan fingerprint density at radius 3 is 2.65 bits per heavy atom. The van der Waals surface area contributed by atoms with Crippen LogP contribution in [-0.2, 0) is 17.9 Å². The number of halogens is 2. The van der Waals surface area contributed by atoms with Gasteiger partial charge in [0, 0.05) is 29.1 Å². The molecule has 0 N–H and O–H groups in total. The zero-order chi connectivity index (χ0) is 22.1. The number of aromatic nitrogens is 2. The van der Waals surface area contributed by atoms with Crippen LogP contribution in [0.4, 0.5) is 4.39 Å². The zero-order valence-corrected chi connectivity index (χ0v) is 18.5. The second kappa shape index (κ2) is 8.61. The quantitative estimate of drug-likeness (QED) is 0.430. The van der Waals surface area contributed by atoms with Crippen LogP contribution in [0.15, 0.2) is 59.7 Å². The van der Waals surface area contributed by atoms with E-state index >= 15 is 0 Å². The fourth-order valence-electron chi connectivity index (χ4n) is 3.41. The molecule has 0 fully saturated rings. The molecule has 2 heterocycles. The van der Waals surface area contributed by atoms with Crippen molar-refractivity contribution >= 4 is 39.1 Å². The minimum atomic E-state index is -0.477. The van der Waals surface area contributed by atoms with Crippen LogP contribution in [0.5, 0.6) is 0 Å². The third-order valence-electron chi connectivity index (χ3n) is 5.14. The molecule has 158 valence electrons. The van der Waals surface area contributed by atoms with Gasteiger partial charge in [0.25, 0.3) is 5.56 Å². The van der Waals surface area contributed by atoms with E-state index in [2.05, 4.69) is 4.98 Å². The molecule has 0 aliphatic carbocycles. The van der Waals surface area contributed by atoms with Gasteiger partial charge in [-0.15, -0.1) is 11.3 Å². The molecule has 4 aromatic rings. The molecule has 2 aromatic heterocycles. The molecule has 0 unspecified atom stereocenters. The summed E-state index contributed by atoms with van der Waals surface area (Å²) >= 11 is 7.51. The summed E-state index contributed by atoms with van der Waals surface area (Å²) in [5.74, 6) is -0.825. The van der Waals surface area contributed by atoms with Crippen molar-refractivity contribution in [1.82, 2.24) is 14.5 Å². The summed E-state index contributed by atoms with van der Waals surface area (Å²) in [7, 11) is 1.55. The van der Waals surface area contributed by atoms with Gasteiger partial charge in [-0.1, -0.05) is 48.0 Å². The van der Waals surface area contributed by atoms with Gasteiger partial charge in [-0.25, -0.2) is 9.37 Å². The third kappa shape index (κ3) is 4.11. The molecule has 8 heteroatoms. The Bertz CT molecular complexity index is 1310. The Balaban J connectivity index is 1.61. The summed E-state index contributed by atoms with van der Waals surface area (Å²) in [5, 5.41) is 0.765. The van der Waals surface area contributed by atoms with E-state index in [9.17, 15) is 14.0 Å². The molecular weight excluding hydrogens is 437 g/mol. The first-order chi connectivity index (χ1) is 14.9. The second-order valence-electron chi connectivity index (χ2n) is 7.23. The van der Waals surface area contributed by atoms with Crippen molar-refractivity contribution in [3.63, 3.8) is 0 Å². The Morgan fingerprint density at radius 1 is 1.19 bits per heavy atom. The van der Waals surface area contributed by atoms with Crippen molar-refractivity contribution in [1.29, 1.82) is 0 Å². The summed E-state index contributed by atoms with van der Waals surface area (Å²) in [6.45, 7) is 1.70. The van der Waals surface area contributed by atoms with Crippen LogP contribution < -0.4 is 5.56 Å². The predicted octanol–water partition coefficient (Wildman–Crippen LogP) is 4.88. The average Bonchev–Trinajstić information content (AvgIpc) is 3.10. The molecular formula is C23H19ClFN3O2S. The molecule has 0 saturated carbocycles. The summed E-state index contributed by atoms with van der Waals surface area (Å²) in [4.78, 5) is 33.2. The fourth-order valence-corrected chi connectivity index (χ4v) is 4.78. The van der Waals surface area contributed by atoms with Crippen molar-refractivity contribution in [3.8, 4) is 10.4 Å².